The van der Waals surface area contributed by atoms with Gasteiger partial charge in [-0.1, -0.05) is 24.3 Å². The van der Waals surface area contributed by atoms with Crippen LogP contribution in [0.1, 0.15) is 31.6 Å². The zero-order chi connectivity index (χ0) is 15.3. The van der Waals surface area contributed by atoms with E-state index in [0.29, 0.717) is 21.9 Å². The lowest BCUT2D eigenvalue weighted by Gasteiger charge is -2.00. The molecule has 4 rings (SSSR count). The van der Waals surface area contributed by atoms with Gasteiger partial charge >= 0.3 is 0 Å². The molecule has 0 atom stereocenters. The largest absolute Gasteiger partial charge is 0.497 e. The fourth-order valence-corrected chi connectivity index (χ4v) is 3.79. The van der Waals surface area contributed by atoms with Crippen LogP contribution < -0.4 is 4.74 Å². The summed E-state index contributed by atoms with van der Waals surface area (Å²) in [4.78, 5) is 29.5. The number of benzene rings is 2. The second kappa shape index (κ2) is 4.74. The van der Waals surface area contributed by atoms with Crippen molar-refractivity contribution in [3.05, 3.63) is 58.6 Å². The quantitative estimate of drug-likeness (QED) is 0.680. The number of hydrogen-bond acceptors (Lipinski definition) is 5. The van der Waals surface area contributed by atoms with Gasteiger partial charge in [0.15, 0.2) is 11.6 Å². The molecule has 1 aliphatic rings. The van der Waals surface area contributed by atoms with E-state index in [1.54, 1.807) is 31.4 Å². The summed E-state index contributed by atoms with van der Waals surface area (Å²) in [6.07, 6.45) is 0. The van der Waals surface area contributed by atoms with Crippen molar-refractivity contribution in [3.63, 3.8) is 0 Å². The minimum absolute atomic E-state index is 0.161. The Labute approximate surface area is 130 Å². The Hall–Kier alpha value is -2.53. The van der Waals surface area contributed by atoms with Gasteiger partial charge in [0.2, 0.25) is 0 Å². The molecule has 0 fully saturated rings. The average molecular weight is 309 g/mol. The van der Waals surface area contributed by atoms with Crippen LogP contribution in [0.25, 0.3) is 10.2 Å². The van der Waals surface area contributed by atoms with E-state index in [-0.39, 0.29) is 11.6 Å². The molecule has 0 aliphatic heterocycles. The highest BCUT2D eigenvalue weighted by Gasteiger charge is 2.41. The van der Waals surface area contributed by atoms with Crippen molar-refractivity contribution in [2.45, 2.75) is 5.92 Å². The fourth-order valence-electron chi connectivity index (χ4n) is 2.74. The van der Waals surface area contributed by atoms with Gasteiger partial charge in [-0.3, -0.25) is 9.59 Å². The molecule has 3 aromatic rings. The van der Waals surface area contributed by atoms with Crippen molar-refractivity contribution in [2.75, 3.05) is 7.11 Å². The predicted molar refractivity (Wildman–Crippen MR) is 84.0 cm³/mol. The second-order valence-electron chi connectivity index (χ2n) is 5.09. The third kappa shape index (κ3) is 1.79. The van der Waals surface area contributed by atoms with E-state index >= 15 is 0 Å². The van der Waals surface area contributed by atoms with Crippen LogP contribution in [0.2, 0.25) is 0 Å². The summed E-state index contributed by atoms with van der Waals surface area (Å²) in [6, 6.07) is 12.5. The molecule has 1 heterocycles. The Bertz CT molecular complexity index is 894. The zero-order valence-electron chi connectivity index (χ0n) is 11.7. The molecular formula is C17H11NO3S. The Morgan fingerprint density at radius 3 is 2.36 bits per heavy atom. The van der Waals surface area contributed by atoms with Crippen molar-refractivity contribution in [3.8, 4) is 5.75 Å². The molecule has 0 saturated heterocycles. The Morgan fingerprint density at radius 1 is 1.05 bits per heavy atom. The van der Waals surface area contributed by atoms with Gasteiger partial charge in [0.1, 0.15) is 16.7 Å². The summed E-state index contributed by atoms with van der Waals surface area (Å²) in [5.41, 5.74) is 1.74. The monoisotopic (exact) mass is 309 g/mol. The van der Waals surface area contributed by atoms with Gasteiger partial charge in [0.25, 0.3) is 0 Å². The van der Waals surface area contributed by atoms with Crippen LogP contribution in [0.3, 0.4) is 0 Å². The Balaban J connectivity index is 1.83. The highest BCUT2D eigenvalue weighted by molar-refractivity contribution is 7.18. The molecule has 0 unspecified atom stereocenters. The molecular weight excluding hydrogens is 298 g/mol. The van der Waals surface area contributed by atoms with E-state index < -0.39 is 5.92 Å². The number of rotatable bonds is 2. The zero-order valence-corrected chi connectivity index (χ0v) is 12.5. The fraction of sp³-hybridized carbons (Fsp3) is 0.118. The number of carbonyl (C=O) groups excluding carboxylic acids is 2. The smallest absolute Gasteiger partial charge is 0.181 e. The third-order valence-corrected chi connectivity index (χ3v) is 4.94. The number of hydrogen-bond donors (Lipinski definition) is 0. The molecule has 0 radical (unpaired) electrons. The van der Waals surface area contributed by atoms with Gasteiger partial charge in [0, 0.05) is 17.2 Å². The van der Waals surface area contributed by atoms with Gasteiger partial charge in [-0.25, -0.2) is 4.98 Å². The number of Topliss-reactive ketones (excluding diaryl/α,β-unsaturated/α-hetero) is 2. The van der Waals surface area contributed by atoms with Crippen LogP contribution in [0.4, 0.5) is 0 Å². The van der Waals surface area contributed by atoms with E-state index in [2.05, 4.69) is 4.98 Å². The summed E-state index contributed by atoms with van der Waals surface area (Å²) in [7, 11) is 1.59. The van der Waals surface area contributed by atoms with Crippen molar-refractivity contribution >= 4 is 33.1 Å². The number of fused-ring (bicyclic) bond motifs is 2. The predicted octanol–water partition coefficient (Wildman–Crippen LogP) is 3.47. The van der Waals surface area contributed by atoms with Gasteiger partial charge in [-0.15, -0.1) is 11.3 Å². The first-order valence-electron chi connectivity index (χ1n) is 6.81. The van der Waals surface area contributed by atoms with Crippen molar-refractivity contribution < 1.29 is 14.3 Å². The number of ether oxygens (including phenoxy) is 1. The summed E-state index contributed by atoms with van der Waals surface area (Å²) in [5, 5.41) is 0.550. The first-order chi connectivity index (χ1) is 10.7. The third-order valence-electron chi connectivity index (χ3n) is 3.84. The Morgan fingerprint density at radius 2 is 1.73 bits per heavy atom. The van der Waals surface area contributed by atoms with Crippen molar-refractivity contribution in [1.82, 2.24) is 4.98 Å². The minimum atomic E-state index is -0.805. The molecule has 0 saturated carbocycles. The van der Waals surface area contributed by atoms with Crippen LogP contribution >= 0.6 is 11.3 Å². The lowest BCUT2D eigenvalue weighted by Crippen LogP contribution is -2.12. The van der Waals surface area contributed by atoms with Crippen molar-refractivity contribution in [1.29, 1.82) is 0 Å². The molecule has 0 N–H and O–H groups in total. The summed E-state index contributed by atoms with van der Waals surface area (Å²) < 4.78 is 6.12. The lowest BCUT2D eigenvalue weighted by molar-refractivity contribution is 0.0890. The molecule has 1 aliphatic carbocycles. The van der Waals surface area contributed by atoms with Gasteiger partial charge < -0.3 is 4.74 Å². The number of carbonyl (C=O) groups is 2. The average Bonchev–Trinajstić information content (AvgIpc) is 3.06. The summed E-state index contributed by atoms with van der Waals surface area (Å²) >= 11 is 1.38. The van der Waals surface area contributed by atoms with Crippen LogP contribution in [-0.4, -0.2) is 23.7 Å². The molecule has 1 aromatic heterocycles. The number of methoxy groups -OCH3 is 1. The van der Waals surface area contributed by atoms with Gasteiger partial charge in [0.05, 0.1) is 17.3 Å². The van der Waals surface area contributed by atoms with Crippen molar-refractivity contribution in [2.24, 2.45) is 0 Å². The molecule has 22 heavy (non-hydrogen) atoms. The maximum atomic E-state index is 12.5. The maximum absolute atomic E-state index is 12.5. The first kappa shape index (κ1) is 13.2. The number of aromatic nitrogens is 1. The number of ketones is 2. The van der Waals surface area contributed by atoms with E-state index in [1.165, 1.54) is 11.3 Å². The van der Waals surface area contributed by atoms with Crippen LogP contribution in [0.15, 0.2) is 42.5 Å². The molecule has 0 bridgehead atoms. The SMILES string of the molecule is COc1ccc2sc(C3C(=O)c4ccccc4C3=O)nc2c1. The van der Waals surface area contributed by atoms with E-state index in [4.69, 9.17) is 4.74 Å². The molecule has 5 heteroatoms. The van der Waals surface area contributed by atoms with E-state index in [1.807, 2.05) is 18.2 Å². The molecule has 2 aromatic carbocycles. The summed E-state index contributed by atoms with van der Waals surface area (Å²) in [5.74, 6) is -0.421. The van der Waals surface area contributed by atoms with Gasteiger partial charge in [-0.05, 0) is 12.1 Å². The standard InChI is InChI=1S/C17H11NO3S/c1-21-9-6-7-13-12(8-9)18-17(22-13)14-15(19)10-4-2-3-5-11(10)16(14)20/h2-8,14H,1H3. The highest BCUT2D eigenvalue weighted by atomic mass is 32.1. The van der Waals surface area contributed by atoms with E-state index in [9.17, 15) is 9.59 Å². The summed E-state index contributed by atoms with van der Waals surface area (Å²) in [6.45, 7) is 0. The van der Waals surface area contributed by atoms with Crippen LogP contribution in [-0.2, 0) is 0 Å². The molecule has 0 spiro atoms. The van der Waals surface area contributed by atoms with Crippen LogP contribution in [0.5, 0.6) is 5.75 Å². The molecule has 0 amide bonds. The molecule has 4 nitrogen and oxygen atoms in total. The Kier molecular flexibility index (Phi) is 2.84. The van der Waals surface area contributed by atoms with Crippen LogP contribution in [0, 0.1) is 0 Å². The van der Waals surface area contributed by atoms with Gasteiger partial charge in [-0.2, -0.15) is 0 Å². The topological polar surface area (TPSA) is 56.3 Å². The normalized spacial score (nSPS) is 14.6. The number of nitrogens with zero attached hydrogens (tertiary/aromatic N) is 1. The first-order valence-corrected chi connectivity index (χ1v) is 7.62. The maximum Gasteiger partial charge on any atom is 0.181 e. The number of thiazole rings is 1. The lowest BCUT2D eigenvalue weighted by atomic mass is 10.1. The molecule has 108 valence electrons. The van der Waals surface area contributed by atoms with E-state index in [0.717, 1.165) is 10.2 Å². The second-order valence-corrected chi connectivity index (χ2v) is 6.16. The highest BCUT2D eigenvalue weighted by Crippen LogP contribution is 2.37. The minimum Gasteiger partial charge on any atom is -0.497 e.